The van der Waals surface area contributed by atoms with Gasteiger partial charge in [0.2, 0.25) is 0 Å². The van der Waals surface area contributed by atoms with Gasteiger partial charge in [-0.15, -0.1) is 0 Å². The van der Waals surface area contributed by atoms with Crippen LogP contribution in [0.2, 0.25) is 0 Å². The quantitative estimate of drug-likeness (QED) is 0.590. The number of para-hydroxylation sites is 2. The molecule has 0 aliphatic rings. The molecule has 0 aliphatic heterocycles. The second-order valence-corrected chi connectivity index (χ2v) is 4.19. The fraction of sp³-hybridized carbons (Fsp3) is 0.125. The van der Waals surface area contributed by atoms with Crippen molar-refractivity contribution in [1.29, 1.82) is 0 Å². The van der Waals surface area contributed by atoms with Gasteiger partial charge in [0.15, 0.2) is 0 Å². The first-order valence-corrected chi connectivity index (χ1v) is 6.33. The number of phenolic OH excluding ortho intramolecular Hbond substituents is 2. The molecule has 21 heavy (non-hydrogen) atoms. The average Bonchev–Trinajstić information content (AvgIpc) is 2.46. The monoisotopic (exact) mass is 408 g/mol. The summed E-state index contributed by atoms with van der Waals surface area (Å²) in [6.07, 6.45) is 3.26. The SMILES string of the molecule is Oc1ccccc1C=NCCN=Cc1ccccc1O.[Ce+4]. The molecule has 0 aromatic heterocycles. The molecule has 0 saturated carbocycles. The van der Waals surface area contributed by atoms with E-state index in [1.807, 2.05) is 12.1 Å². The van der Waals surface area contributed by atoms with E-state index in [1.54, 1.807) is 48.8 Å². The van der Waals surface area contributed by atoms with Crippen molar-refractivity contribution in [3.8, 4) is 11.5 Å². The molecule has 0 aliphatic carbocycles. The molecule has 2 rings (SSSR count). The van der Waals surface area contributed by atoms with Gasteiger partial charge < -0.3 is 10.2 Å². The minimum absolute atomic E-state index is 0. The fourth-order valence-corrected chi connectivity index (χ4v) is 1.63. The van der Waals surface area contributed by atoms with Crippen molar-refractivity contribution in [3.63, 3.8) is 0 Å². The maximum Gasteiger partial charge on any atom is 4.00 e. The third-order valence-electron chi connectivity index (χ3n) is 2.69. The van der Waals surface area contributed by atoms with Gasteiger partial charge in [0.1, 0.15) is 11.5 Å². The summed E-state index contributed by atoms with van der Waals surface area (Å²) in [4.78, 5) is 8.39. The van der Waals surface area contributed by atoms with Crippen molar-refractivity contribution in [3.05, 3.63) is 59.7 Å². The van der Waals surface area contributed by atoms with Gasteiger partial charge in [0.25, 0.3) is 0 Å². The molecule has 0 radical (unpaired) electrons. The van der Waals surface area contributed by atoms with Gasteiger partial charge in [0.05, 0.1) is 13.1 Å². The minimum atomic E-state index is 0. The predicted molar refractivity (Wildman–Crippen MR) is 81.1 cm³/mol. The molecule has 0 atom stereocenters. The molecule has 0 fully saturated rings. The molecule has 102 valence electrons. The van der Waals surface area contributed by atoms with Crippen LogP contribution in [0, 0.1) is 41.7 Å². The Morgan fingerprint density at radius 1 is 0.714 bits per heavy atom. The van der Waals surface area contributed by atoms with Crippen LogP contribution in [0.3, 0.4) is 0 Å². The number of phenols is 2. The Kier molecular flexibility index (Phi) is 8.18. The topological polar surface area (TPSA) is 65.2 Å². The number of hydrogen-bond acceptors (Lipinski definition) is 4. The Hall–Kier alpha value is -1.24. The second kappa shape index (κ2) is 9.65. The molecule has 2 aromatic carbocycles. The van der Waals surface area contributed by atoms with E-state index in [9.17, 15) is 10.2 Å². The zero-order valence-electron chi connectivity index (χ0n) is 11.5. The molecule has 0 heterocycles. The fourth-order valence-electron chi connectivity index (χ4n) is 1.63. The van der Waals surface area contributed by atoms with E-state index in [-0.39, 0.29) is 53.2 Å². The average molecular weight is 408 g/mol. The molecule has 5 heteroatoms. The molecule has 0 unspecified atom stereocenters. The van der Waals surface area contributed by atoms with Crippen molar-refractivity contribution < 1.29 is 52.0 Å². The van der Waals surface area contributed by atoms with Crippen molar-refractivity contribution >= 4 is 12.4 Å². The van der Waals surface area contributed by atoms with Gasteiger partial charge in [-0.05, 0) is 24.3 Å². The number of aromatic hydroxyl groups is 2. The first-order valence-electron chi connectivity index (χ1n) is 6.33. The van der Waals surface area contributed by atoms with Crippen molar-refractivity contribution in [1.82, 2.24) is 0 Å². The molecule has 2 N–H and O–H groups in total. The summed E-state index contributed by atoms with van der Waals surface area (Å²) in [5, 5.41) is 19.1. The van der Waals surface area contributed by atoms with Crippen molar-refractivity contribution in [2.24, 2.45) is 9.98 Å². The van der Waals surface area contributed by atoms with Gasteiger partial charge in [-0.2, -0.15) is 0 Å². The van der Waals surface area contributed by atoms with Crippen molar-refractivity contribution in [2.75, 3.05) is 13.1 Å². The normalized spacial score (nSPS) is 10.9. The van der Waals surface area contributed by atoms with Gasteiger partial charge in [-0.3, -0.25) is 9.98 Å². The van der Waals surface area contributed by atoms with Gasteiger partial charge in [0, 0.05) is 23.6 Å². The molecule has 0 bridgehead atoms. The number of nitrogens with zero attached hydrogens (tertiary/aromatic N) is 2. The van der Waals surface area contributed by atoms with Gasteiger partial charge >= 0.3 is 41.7 Å². The molecule has 0 spiro atoms. The van der Waals surface area contributed by atoms with Crippen LogP contribution in [0.4, 0.5) is 0 Å². The Balaban J connectivity index is 0.00000220. The van der Waals surface area contributed by atoms with Crippen LogP contribution in [-0.2, 0) is 0 Å². The Morgan fingerprint density at radius 2 is 1.10 bits per heavy atom. The van der Waals surface area contributed by atoms with Gasteiger partial charge in [-0.1, -0.05) is 24.3 Å². The largest absolute Gasteiger partial charge is 4.00 e. The van der Waals surface area contributed by atoms with Crippen LogP contribution >= 0.6 is 0 Å². The number of rotatable bonds is 5. The van der Waals surface area contributed by atoms with E-state index in [0.717, 1.165) is 0 Å². The van der Waals surface area contributed by atoms with Crippen LogP contribution < -0.4 is 0 Å². The van der Waals surface area contributed by atoms with E-state index in [4.69, 9.17) is 0 Å². The molecular weight excluding hydrogens is 392 g/mol. The summed E-state index contributed by atoms with van der Waals surface area (Å²) >= 11 is 0. The first-order chi connectivity index (χ1) is 9.77. The number of hydrogen-bond donors (Lipinski definition) is 2. The van der Waals surface area contributed by atoms with Crippen LogP contribution in [0.1, 0.15) is 11.1 Å². The summed E-state index contributed by atoms with van der Waals surface area (Å²) in [6.45, 7) is 1.05. The Bertz CT molecular complexity index is 572. The van der Waals surface area contributed by atoms with Crippen LogP contribution in [0.15, 0.2) is 58.5 Å². The molecular formula is C16H16CeN2O2+4. The number of benzene rings is 2. The van der Waals surface area contributed by atoms with Crippen LogP contribution in [0.5, 0.6) is 11.5 Å². The smallest absolute Gasteiger partial charge is 0.507 e. The van der Waals surface area contributed by atoms with Gasteiger partial charge in [-0.25, -0.2) is 0 Å². The van der Waals surface area contributed by atoms with E-state index in [0.29, 0.717) is 24.2 Å². The first kappa shape index (κ1) is 17.8. The van der Waals surface area contributed by atoms with E-state index in [1.165, 1.54) is 0 Å². The summed E-state index contributed by atoms with van der Waals surface area (Å²) in [6, 6.07) is 14.1. The molecule has 0 amide bonds. The predicted octanol–water partition coefficient (Wildman–Crippen LogP) is 2.64. The third kappa shape index (κ3) is 5.95. The standard InChI is InChI=1S/C16H16N2O2.Ce/c19-15-7-3-1-5-13(15)11-17-9-10-18-12-14-6-2-4-8-16(14)20;/h1-8,11-12,19-20H,9-10H2;/q;+4. The van der Waals surface area contributed by atoms with Crippen LogP contribution in [0.25, 0.3) is 0 Å². The molecule has 4 nitrogen and oxygen atoms in total. The van der Waals surface area contributed by atoms with E-state index < -0.39 is 0 Å². The molecule has 0 saturated heterocycles. The maximum atomic E-state index is 9.54. The summed E-state index contributed by atoms with van der Waals surface area (Å²) < 4.78 is 0. The molecule has 2 aromatic rings. The zero-order chi connectivity index (χ0) is 14.2. The summed E-state index contributed by atoms with van der Waals surface area (Å²) in [7, 11) is 0. The third-order valence-corrected chi connectivity index (χ3v) is 2.69. The second-order valence-electron chi connectivity index (χ2n) is 4.19. The zero-order valence-corrected chi connectivity index (χ0v) is 14.6. The Morgan fingerprint density at radius 3 is 1.48 bits per heavy atom. The maximum absolute atomic E-state index is 9.54. The van der Waals surface area contributed by atoms with Crippen LogP contribution in [-0.4, -0.2) is 35.7 Å². The summed E-state index contributed by atoms with van der Waals surface area (Å²) in [5.41, 5.74) is 1.38. The minimum Gasteiger partial charge on any atom is -0.507 e. The number of aliphatic imine (C=N–C) groups is 2. The van der Waals surface area contributed by atoms with E-state index >= 15 is 0 Å². The Labute approximate surface area is 157 Å². The van der Waals surface area contributed by atoms with Crippen molar-refractivity contribution in [2.45, 2.75) is 0 Å². The van der Waals surface area contributed by atoms with E-state index in [2.05, 4.69) is 9.98 Å². The summed E-state index contributed by atoms with van der Waals surface area (Å²) in [5.74, 6) is 0.433.